The summed E-state index contributed by atoms with van der Waals surface area (Å²) < 4.78 is 48.6. The molecule has 0 aliphatic carbocycles. The van der Waals surface area contributed by atoms with E-state index in [2.05, 4.69) is 31.0 Å². The number of amides is 2. The molecule has 5 N–H and O–H groups in total. The Morgan fingerprint density at radius 2 is 2.02 bits per heavy atom. The smallest absolute Gasteiger partial charge is 0.426 e. The van der Waals surface area contributed by atoms with E-state index in [1.165, 1.54) is 42.0 Å². The van der Waals surface area contributed by atoms with Gasteiger partial charge in [-0.2, -0.15) is 23.5 Å². The van der Waals surface area contributed by atoms with Crippen molar-refractivity contribution in [1.29, 1.82) is 5.26 Å². The summed E-state index contributed by atoms with van der Waals surface area (Å²) in [4.78, 5) is 44.2. The summed E-state index contributed by atoms with van der Waals surface area (Å²) in [5, 5.41) is 20.3. The minimum atomic E-state index is -4.80. The van der Waals surface area contributed by atoms with Crippen LogP contribution in [-0.2, 0) is 22.3 Å². The standard InChI is InChI=1S/C25H23F3N10O4/c1-14-15(24(41)34-11-19(40)31-6-4-29)2-3-17(20(14)42-13-39)35-22-23-33-10-18(38(23)9-7-32-22)16-12-37(8-5-30)36-21(16)25(26,27)28/h2-3,7,9-10,12-13H,4,6,8,11,29H2,1H3,(H,31,40)(H,32,35)(H,34,41). The number of nitrogens with two attached hydrogens (primary N) is 1. The number of carbonyl (C=O) groups is 3. The van der Waals surface area contributed by atoms with Crippen molar-refractivity contribution in [2.45, 2.75) is 19.6 Å². The first kappa shape index (κ1) is 29.5. The number of nitrogens with one attached hydrogen (secondary N) is 3. The van der Waals surface area contributed by atoms with Crippen LogP contribution >= 0.6 is 0 Å². The summed E-state index contributed by atoms with van der Waals surface area (Å²) in [5.74, 6) is -0.982. The van der Waals surface area contributed by atoms with Crippen molar-refractivity contribution in [3.63, 3.8) is 0 Å². The van der Waals surface area contributed by atoms with Crippen LogP contribution in [0.25, 0.3) is 16.9 Å². The van der Waals surface area contributed by atoms with Crippen molar-refractivity contribution in [3.8, 4) is 23.1 Å². The van der Waals surface area contributed by atoms with E-state index in [1.807, 2.05) is 0 Å². The SMILES string of the molecule is Cc1c(C(=O)NCC(=O)NCCN)ccc(Nc2nccn3c(-c4cn(CC#N)nc4C(F)(F)F)cnc23)c1OC=O. The Labute approximate surface area is 235 Å². The third-order valence-corrected chi connectivity index (χ3v) is 5.91. The highest BCUT2D eigenvalue weighted by molar-refractivity contribution is 5.99. The number of anilines is 2. The number of benzene rings is 1. The van der Waals surface area contributed by atoms with Gasteiger partial charge in [0.15, 0.2) is 22.9 Å². The van der Waals surface area contributed by atoms with Crippen LogP contribution in [0, 0.1) is 18.3 Å². The van der Waals surface area contributed by atoms with Gasteiger partial charge in [0.1, 0.15) is 6.54 Å². The lowest BCUT2D eigenvalue weighted by Gasteiger charge is -2.16. The van der Waals surface area contributed by atoms with E-state index in [1.54, 1.807) is 6.07 Å². The molecule has 0 fully saturated rings. The van der Waals surface area contributed by atoms with Gasteiger partial charge in [-0.3, -0.25) is 23.5 Å². The predicted octanol–water partition coefficient (Wildman–Crippen LogP) is 1.53. The van der Waals surface area contributed by atoms with Gasteiger partial charge in [0.25, 0.3) is 12.4 Å². The second kappa shape index (κ2) is 12.3. The highest BCUT2D eigenvalue weighted by Crippen LogP contribution is 2.38. The van der Waals surface area contributed by atoms with Crippen molar-refractivity contribution in [3.05, 3.63) is 53.7 Å². The molecule has 0 saturated heterocycles. The number of alkyl halides is 3. The van der Waals surface area contributed by atoms with Gasteiger partial charge in [-0.1, -0.05) is 0 Å². The fraction of sp³-hybridized carbons (Fsp3) is 0.240. The molecule has 0 unspecified atom stereocenters. The summed E-state index contributed by atoms with van der Waals surface area (Å²) >= 11 is 0. The van der Waals surface area contributed by atoms with Crippen LogP contribution in [-0.4, -0.2) is 62.1 Å². The van der Waals surface area contributed by atoms with Crippen molar-refractivity contribution in [2.24, 2.45) is 5.73 Å². The fourth-order valence-electron chi connectivity index (χ4n) is 4.07. The monoisotopic (exact) mass is 584 g/mol. The van der Waals surface area contributed by atoms with Gasteiger partial charge >= 0.3 is 6.18 Å². The predicted molar refractivity (Wildman–Crippen MR) is 140 cm³/mol. The second-order valence-corrected chi connectivity index (χ2v) is 8.63. The molecule has 218 valence electrons. The average Bonchev–Trinajstić information content (AvgIpc) is 3.58. The Bertz CT molecular complexity index is 1690. The lowest BCUT2D eigenvalue weighted by atomic mass is 10.1. The average molecular weight is 585 g/mol. The maximum atomic E-state index is 13.7. The van der Waals surface area contributed by atoms with Crippen LogP contribution in [0.4, 0.5) is 24.7 Å². The van der Waals surface area contributed by atoms with Crippen LogP contribution in [0.5, 0.6) is 5.75 Å². The maximum Gasteiger partial charge on any atom is 0.435 e. The largest absolute Gasteiger partial charge is 0.435 e. The zero-order valence-corrected chi connectivity index (χ0v) is 21.9. The molecule has 2 amide bonds. The van der Waals surface area contributed by atoms with Gasteiger partial charge in [0, 0.05) is 42.8 Å². The minimum absolute atomic E-state index is 0.0297. The summed E-state index contributed by atoms with van der Waals surface area (Å²) in [5.41, 5.74) is 4.57. The third-order valence-electron chi connectivity index (χ3n) is 5.91. The molecule has 0 radical (unpaired) electrons. The van der Waals surface area contributed by atoms with Crippen LogP contribution in [0.3, 0.4) is 0 Å². The molecule has 0 atom stereocenters. The van der Waals surface area contributed by atoms with Crippen molar-refractivity contribution in [2.75, 3.05) is 25.0 Å². The summed E-state index contributed by atoms with van der Waals surface area (Å²) in [6.45, 7) is 1.48. The molecule has 0 aliphatic rings. The van der Waals surface area contributed by atoms with E-state index < -0.39 is 23.7 Å². The topological polar surface area (TPSA) is 194 Å². The molecule has 14 nitrogen and oxygen atoms in total. The lowest BCUT2D eigenvalue weighted by molar-refractivity contribution is -0.141. The maximum absolute atomic E-state index is 13.7. The van der Waals surface area contributed by atoms with E-state index in [9.17, 15) is 27.6 Å². The van der Waals surface area contributed by atoms with Crippen LogP contribution < -0.4 is 26.4 Å². The fourth-order valence-corrected chi connectivity index (χ4v) is 4.07. The molecular formula is C25H23F3N10O4. The lowest BCUT2D eigenvalue weighted by Crippen LogP contribution is -2.39. The molecule has 17 heteroatoms. The van der Waals surface area contributed by atoms with Gasteiger partial charge in [-0.05, 0) is 19.1 Å². The van der Waals surface area contributed by atoms with Gasteiger partial charge < -0.3 is 26.4 Å². The molecule has 42 heavy (non-hydrogen) atoms. The first-order chi connectivity index (χ1) is 20.1. The van der Waals surface area contributed by atoms with Gasteiger partial charge in [-0.15, -0.1) is 0 Å². The molecule has 4 rings (SSSR count). The number of nitrogens with zero attached hydrogens (tertiary/aromatic N) is 6. The van der Waals surface area contributed by atoms with Gasteiger partial charge in [0.2, 0.25) is 5.91 Å². The van der Waals surface area contributed by atoms with E-state index in [-0.39, 0.29) is 77.9 Å². The third kappa shape index (κ3) is 6.13. The van der Waals surface area contributed by atoms with Crippen LogP contribution in [0.15, 0.2) is 36.9 Å². The minimum Gasteiger partial charge on any atom is -0.426 e. The molecule has 0 bridgehead atoms. The van der Waals surface area contributed by atoms with E-state index in [0.717, 1.165) is 10.9 Å². The number of ether oxygens (including phenoxy) is 1. The number of hydrogen-bond donors (Lipinski definition) is 4. The quantitative estimate of drug-likeness (QED) is 0.188. The first-order valence-electron chi connectivity index (χ1n) is 12.2. The van der Waals surface area contributed by atoms with Crippen LogP contribution in [0.1, 0.15) is 21.6 Å². The van der Waals surface area contributed by atoms with Gasteiger partial charge in [-0.25, -0.2) is 9.97 Å². The van der Waals surface area contributed by atoms with Crippen LogP contribution in [0.2, 0.25) is 0 Å². The molecule has 3 aromatic heterocycles. The molecule has 4 aromatic rings. The zero-order valence-electron chi connectivity index (χ0n) is 21.9. The van der Waals surface area contributed by atoms with Crippen molar-refractivity contribution < 1.29 is 32.3 Å². The Morgan fingerprint density at radius 1 is 1.24 bits per heavy atom. The first-order valence-corrected chi connectivity index (χ1v) is 12.2. The van der Waals surface area contributed by atoms with E-state index >= 15 is 0 Å². The summed E-state index contributed by atoms with van der Waals surface area (Å²) in [6.07, 6.45) is 0.230. The molecule has 1 aromatic carbocycles. The molecule has 0 aliphatic heterocycles. The van der Waals surface area contributed by atoms with E-state index in [4.69, 9.17) is 15.7 Å². The van der Waals surface area contributed by atoms with Crippen molar-refractivity contribution >= 4 is 35.4 Å². The number of hydrogen-bond acceptors (Lipinski definition) is 10. The molecular weight excluding hydrogens is 561 g/mol. The number of rotatable bonds is 11. The molecule has 0 saturated carbocycles. The highest BCUT2D eigenvalue weighted by Gasteiger charge is 2.38. The zero-order chi connectivity index (χ0) is 30.4. The summed E-state index contributed by atoms with van der Waals surface area (Å²) in [6, 6.07) is 4.61. The number of carbonyl (C=O) groups excluding carboxylic acids is 3. The number of aromatic nitrogens is 5. The molecule has 3 heterocycles. The second-order valence-electron chi connectivity index (χ2n) is 8.63. The normalized spacial score (nSPS) is 11.1. The Hall–Kier alpha value is -5.50. The molecule has 0 spiro atoms. The number of fused-ring (bicyclic) bond motifs is 1. The Balaban J connectivity index is 1.67. The van der Waals surface area contributed by atoms with Crippen molar-refractivity contribution in [1.82, 2.24) is 34.8 Å². The Morgan fingerprint density at radius 3 is 2.71 bits per heavy atom. The number of nitriles is 1. The highest BCUT2D eigenvalue weighted by atomic mass is 19.4. The van der Waals surface area contributed by atoms with Gasteiger partial charge in [0.05, 0.1) is 35.8 Å². The number of halogens is 3. The summed E-state index contributed by atoms with van der Waals surface area (Å²) in [7, 11) is 0. The Kier molecular flexibility index (Phi) is 8.67. The number of imidazole rings is 1. The van der Waals surface area contributed by atoms with E-state index in [0.29, 0.717) is 0 Å².